The van der Waals surface area contributed by atoms with Crippen molar-refractivity contribution in [1.29, 1.82) is 0 Å². The second kappa shape index (κ2) is 7.69. The topological polar surface area (TPSA) is 95.7 Å². The van der Waals surface area contributed by atoms with E-state index in [0.717, 1.165) is 12.5 Å². The van der Waals surface area contributed by atoms with Gasteiger partial charge in [-0.05, 0) is 18.6 Å². The van der Waals surface area contributed by atoms with Crippen LogP contribution in [0.5, 0.6) is 0 Å². The van der Waals surface area contributed by atoms with E-state index in [4.69, 9.17) is 26.2 Å². The molecular formula is C12H15ClFNO5S. The zero-order valence-electron chi connectivity index (χ0n) is 11.3. The normalized spacial score (nSPS) is 11.4. The zero-order valence-corrected chi connectivity index (χ0v) is 12.8. The Hall–Kier alpha value is -1.22. The number of halogens is 2. The van der Waals surface area contributed by atoms with E-state index in [2.05, 4.69) is 0 Å². The van der Waals surface area contributed by atoms with Crippen molar-refractivity contribution in [3.8, 4) is 0 Å². The van der Waals surface area contributed by atoms with E-state index >= 15 is 0 Å². The summed E-state index contributed by atoms with van der Waals surface area (Å²) >= 11 is 5.70. The van der Waals surface area contributed by atoms with Crippen LogP contribution in [-0.2, 0) is 19.5 Å². The quantitative estimate of drug-likeness (QED) is 0.602. The summed E-state index contributed by atoms with van der Waals surface area (Å²) in [6, 6.07) is 1.45. The van der Waals surface area contributed by atoms with Gasteiger partial charge >= 0.3 is 5.97 Å². The fourth-order valence-corrected chi connectivity index (χ4v) is 2.26. The molecule has 0 aromatic heterocycles. The van der Waals surface area contributed by atoms with Crippen LogP contribution in [0.25, 0.3) is 0 Å². The minimum absolute atomic E-state index is 0.0305. The molecule has 0 aliphatic heterocycles. The number of hydrogen-bond donors (Lipinski definition) is 1. The number of esters is 1. The predicted molar refractivity (Wildman–Crippen MR) is 74.2 cm³/mol. The van der Waals surface area contributed by atoms with Gasteiger partial charge < -0.3 is 9.47 Å². The van der Waals surface area contributed by atoms with Gasteiger partial charge in [0.05, 0.1) is 17.2 Å². The molecule has 9 heteroatoms. The SMILES string of the molecule is CCCOCCOC(=O)c1cc(S(N)(=O)=O)c(F)cc1Cl. The number of nitrogens with two attached hydrogens (primary N) is 1. The molecule has 0 saturated carbocycles. The number of ether oxygens (including phenoxy) is 2. The highest BCUT2D eigenvalue weighted by atomic mass is 35.5. The molecule has 118 valence electrons. The molecule has 0 saturated heterocycles. The zero-order chi connectivity index (χ0) is 16.0. The molecule has 21 heavy (non-hydrogen) atoms. The second-order valence-electron chi connectivity index (χ2n) is 4.06. The number of sulfonamides is 1. The summed E-state index contributed by atoms with van der Waals surface area (Å²) in [7, 11) is -4.30. The molecule has 0 aliphatic carbocycles. The van der Waals surface area contributed by atoms with Crippen molar-refractivity contribution in [3.63, 3.8) is 0 Å². The van der Waals surface area contributed by atoms with Gasteiger partial charge in [0, 0.05) is 6.61 Å². The summed E-state index contributed by atoms with van der Waals surface area (Å²) in [5.74, 6) is -2.02. The molecule has 0 atom stereocenters. The van der Waals surface area contributed by atoms with Crippen LogP contribution in [0.3, 0.4) is 0 Å². The third-order valence-electron chi connectivity index (χ3n) is 2.36. The molecular weight excluding hydrogens is 325 g/mol. The Labute approximate surface area is 127 Å². The first-order valence-electron chi connectivity index (χ1n) is 6.04. The number of rotatable bonds is 7. The highest BCUT2D eigenvalue weighted by Gasteiger charge is 2.21. The highest BCUT2D eigenvalue weighted by molar-refractivity contribution is 7.89. The van der Waals surface area contributed by atoms with E-state index in [-0.39, 0.29) is 23.8 Å². The average molecular weight is 340 g/mol. The minimum atomic E-state index is -4.30. The van der Waals surface area contributed by atoms with Crippen LogP contribution >= 0.6 is 11.6 Å². The number of carbonyl (C=O) groups is 1. The Morgan fingerprint density at radius 3 is 2.57 bits per heavy atom. The van der Waals surface area contributed by atoms with Crippen LogP contribution in [0.2, 0.25) is 5.02 Å². The molecule has 0 spiro atoms. The first kappa shape index (κ1) is 17.8. The third-order valence-corrected chi connectivity index (χ3v) is 3.60. The lowest BCUT2D eigenvalue weighted by molar-refractivity contribution is 0.0318. The lowest BCUT2D eigenvalue weighted by Gasteiger charge is -2.08. The lowest BCUT2D eigenvalue weighted by atomic mass is 10.2. The van der Waals surface area contributed by atoms with Gasteiger partial charge in [-0.15, -0.1) is 0 Å². The Kier molecular flexibility index (Phi) is 6.53. The van der Waals surface area contributed by atoms with Crippen LogP contribution in [0.15, 0.2) is 17.0 Å². The van der Waals surface area contributed by atoms with E-state index in [1.807, 2.05) is 6.92 Å². The molecule has 0 radical (unpaired) electrons. The van der Waals surface area contributed by atoms with Crippen LogP contribution in [0.4, 0.5) is 4.39 Å². The van der Waals surface area contributed by atoms with E-state index in [9.17, 15) is 17.6 Å². The first-order valence-corrected chi connectivity index (χ1v) is 7.96. The molecule has 1 aromatic rings. The van der Waals surface area contributed by atoms with Gasteiger partial charge in [-0.25, -0.2) is 22.7 Å². The van der Waals surface area contributed by atoms with Crippen molar-refractivity contribution in [2.45, 2.75) is 18.2 Å². The van der Waals surface area contributed by atoms with E-state index in [0.29, 0.717) is 12.7 Å². The number of benzene rings is 1. The molecule has 1 rings (SSSR count). The Morgan fingerprint density at radius 1 is 1.33 bits per heavy atom. The smallest absolute Gasteiger partial charge is 0.339 e. The molecule has 0 bridgehead atoms. The number of hydrogen-bond acceptors (Lipinski definition) is 5. The molecule has 0 amide bonds. The molecule has 0 heterocycles. The maximum atomic E-state index is 13.5. The van der Waals surface area contributed by atoms with Crippen molar-refractivity contribution >= 4 is 27.6 Å². The number of carbonyl (C=O) groups excluding carboxylic acids is 1. The predicted octanol–water partition coefficient (Wildman–Crippen LogP) is 1.71. The standard InChI is InChI=1S/C12H15ClFNO5S/c1-2-3-19-4-5-20-12(16)8-6-11(21(15,17)18)10(14)7-9(8)13/h6-7H,2-5H2,1H3,(H2,15,17,18). The molecule has 0 unspecified atom stereocenters. The highest BCUT2D eigenvalue weighted by Crippen LogP contribution is 2.24. The van der Waals surface area contributed by atoms with E-state index < -0.39 is 26.7 Å². The van der Waals surface area contributed by atoms with E-state index in [1.54, 1.807) is 0 Å². The van der Waals surface area contributed by atoms with Gasteiger partial charge in [0.25, 0.3) is 0 Å². The second-order valence-corrected chi connectivity index (χ2v) is 5.99. The summed E-state index contributed by atoms with van der Waals surface area (Å²) < 4.78 is 45.8. The van der Waals surface area contributed by atoms with Crippen molar-refractivity contribution in [1.82, 2.24) is 0 Å². The Bertz CT molecular complexity index is 620. The third kappa shape index (κ3) is 5.24. The molecule has 0 aliphatic rings. The molecule has 1 aromatic carbocycles. The monoisotopic (exact) mass is 339 g/mol. The summed E-state index contributed by atoms with van der Waals surface area (Å²) in [5, 5.41) is 4.58. The molecule has 0 fully saturated rings. The Morgan fingerprint density at radius 2 is 2.00 bits per heavy atom. The van der Waals surface area contributed by atoms with Crippen molar-refractivity contribution in [3.05, 3.63) is 28.5 Å². The van der Waals surface area contributed by atoms with Crippen molar-refractivity contribution < 1.29 is 27.1 Å². The van der Waals surface area contributed by atoms with Crippen LogP contribution in [-0.4, -0.2) is 34.2 Å². The maximum Gasteiger partial charge on any atom is 0.339 e. The fourth-order valence-electron chi connectivity index (χ4n) is 1.42. The fraction of sp³-hybridized carbons (Fsp3) is 0.417. The molecule has 2 N–H and O–H groups in total. The Balaban J connectivity index is 2.85. The average Bonchev–Trinajstić information content (AvgIpc) is 2.36. The van der Waals surface area contributed by atoms with Crippen molar-refractivity contribution in [2.75, 3.05) is 19.8 Å². The van der Waals surface area contributed by atoms with Crippen molar-refractivity contribution in [2.24, 2.45) is 5.14 Å². The maximum absolute atomic E-state index is 13.5. The molecule has 6 nitrogen and oxygen atoms in total. The van der Waals surface area contributed by atoms with Gasteiger partial charge in [0.15, 0.2) is 0 Å². The van der Waals surface area contributed by atoms with Gasteiger partial charge in [-0.2, -0.15) is 0 Å². The number of primary sulfonamides is 1. The van der Waals surface area contributed by atoms with Crippen LogP contribution in [0, 0.1) is 5.82 Å². The minimum Gasteiger partial charge on any atom is -0.460 e. The summed E-state index contributed by atoms with van der Waals surface area (Å²) in [4.78, 5) is 10.9. The summed E-state index contributed by atoms with van der Waals surface area (Å²) in [6.45, 7) is 2.63. The van der Waals surface area contributed by atoms with E-state index in [1.165, 1.54) is 0 Å². The van der Waals surface area contributed by atoms with Gasteiger partial charge in [-0.1, -0.05) is 18.5 Å². The van der Waals surface area contributed by atoms with Gasteiger partial charge in [-0.3, -0.25) is 0 Å². The lowest BCUT2D eigenvalue weighted by Crippen LogP contribution is -2.17. The van der Waals surface area contributed by atoms with Gasteiger partial charge in [0.1, 0.15) is 17.3 Å². The summed E-state index contributed by atoms with van der Waals surface area (Å²) in [6.07, 6.45) is 0.829. The van der Waals surface area contributed by atoms with Crippen LogP contribution in [0.1, 0.15) is 23.7 Å². The largest absolute Gasteiger partial charge is 0.460 e. The van der Waals surface area contributed by atoms with Crippen LogP contribution < -0.4 is 5.14 Å². The summed E-state index contributed by atoms with van der Waals surface area (Å²) in [5.41, 5.74) is -0.280. The van der Waals surface area contributed by atoms with Gasteiger partial charge in [0.2, 0.25) is 10.0 Å². The first-order chi connectivity index (χ1) is 9.77.